The van der Waals surface area contributed by atoms with Crippen molar-refractivity contribution in [2.75, 3.05) is 0 Å². The summed E-state index contributed by atoms with van der Waals surface area (Å²) in [6.45, 7) is 6.56. The molecule has 0 fully saturated rings. The molecule has 1 atom stereocenters. The van der Waals surface area contributed by atoms with Crippen molar-refractivity contribution in [1.82, 2.24) is 0 Å². The van der Waals surface area contributed by atoms with Gasteiger partial charge in [-0.15, -0.1) is 0 Å². The van der Waals surface area contributed by atoms with Crippen molar-refractivity contribution in [1.29, 1.82) is 0 Å². The van der Waals surface area contributed by atoms with Crippen LogP contribution in [0.5, 0.6) is 0 Å². The summed E-state index contributed by atoms with van der Waals surface area (Å²) in [5.74, 6) is -0.215. The highest BCUT2D eigenvalue weighted by atomic mass is 79.9. The highest BCUT2D eigenvalue weighted by Crippen LogP contribution is 2.43. The zero-order valence-electron chi connectivity index (χ0n) is 9.15. The second-order valence-electron chi connectivity index (χ2n) is 4.38. The van der Waals surface area contributed by atoms with Crippen molar-refractivity contribution in [3.8, 4) is 0 Å². The average molecular weight is 338 g/mol. The highest BCUT2D eigenvalue weighted by Gasteiger charge is 2.27. The van der Waals surface area contributed by atoms with Gasteiger partial charge in [0.2, 0.25) is 0 Å². The van der Waals surface area contributed by atoms with Crippen LogP contribution in [0.25, 0.3) is 0 Å². The van der Waals surface area contributed by atoms with Crippen LogP contribution in [0.4, 0.5) is 4.39 Å². The first-order valence-electron chi connectivity index (χ1n) is 4.97. The van der Waals surface area contributed by atoms with Crippen LogP contribution in [-0.2, 0) is 0 Å². The molecule has 0 radical (unpaired) electrons. The van der Waals surface area contributed by atoms with Crippen molar-refractivity contribution in [2.45, 2.75) is 32.0 Å². The molecule has 15 heavy (non-hydrogen) atoms. The van der Waals surface area contributed by atoms with E-state index in [1.165, 1.54) is 6.07 Å². The third-order valence-electron chi connectivity index (χ3n) is 2.83. The largest absolute Gasteiger partial charge is 0.206 e. The lowest BCUT2D eigenvalue weighted by Gasteiger charge is -2.29. The molecule has 0 saturated carbocycles. The first-order chi connectivity index (χ1) is 6.88. The van der Waals surface area contributed by atoms with Crippen LogP contribution in [0, 0.1) is 11.2 Å². The Morgan fingerprint density at radius 2 is 2.00 bits per heavy atom. The van der Waals surface area contributed by atoms with Gasteiger partial charge in [0, 0.05) is 4.83 Å². The summed E-state index contributed by atoms with van der Waals surface area (Å²) in [5.41, 5.74) is 1.27. The molecule has 0 aliphatic carbocycles. The van der Waals surface area contributed by atoms with Crippen molar-refractivity contribution in [3.05, 3.63) is 34.1 Å². The van der Waals surface area contributed by atoms with E-state index in [0.29, 0.717) is 4.47 Å². The van der Waals surface area contributed by atoms with Crippen molar-refractivity contribution in [2.24, 2.45) is 5.41 Å². The van der Waals surface area contributed by atoms with Crippen molar-refractivity contribution < 1.29 is 4.39 Å². The predicted octanol–water partition coefficient (Wildman–Crippen LogP) is 5.46. The van der Waals surface area contributed by atoms with Crippen molar-refractivity contribution >= 4 is 31.9 Å². The summed E-state index contributed by atoms with van der Waals surface area (Å²) in [5, 5.41) is 0. The van der Waals surface area contributed by atoms with Crippen LogP contribution in [0.15, 0.2) is 22.7 Å². The van der Waals surface area contributed by atoms with Gasteiger partial charge >= 0.3 is 0 Å². The van der Waals surface area contributed by atoms with Crippen LogP contribution in [0.2, 0.25) is 0 Å². The minimum atomic E-state index is -0.215. The smallest absolute Gasteiger partial charge is 0.137 e. The molecule has 0 aromatic heterocycles. The molecule has 3 heteroatoms. The molecule has 1 unspecified atom stereocenters. The molecule has 0 saturated heterocycles. The molecular weight excluding hydrogens is 323 g/mol. The highest BCUT2D eigenvalue weighted by molar-refractivity contribution is 9.10. The molecule has 0 spiro atoms. The maximum Gasteiger partial charge on any atom is 0.137 e. The fourth-order valence-electron chi connectivity index (χ4n) is 1.30. The average Bonchev–Trinajstić information content (AvgIpc) is 2.21. The van der Waals surface area contributed by atoms with Gasteiger partial charge in [0.25, 0.3) is 0 Å². The van der Waals surface area contributed by atoms with E-state index in [1.807, 2.05) is 12.1 Å². The molecule has 1 rings (SSSR count). The lowest BCUT2D eigenvalue weighted by Crippen LogP contribution is -2.16. The van der Waals surface area contributed by atoms with Crippen LogP contribution >= 0.6 is 31.9 Å². The molecule has 0 aliphatic rings. The van der Waals surface area contributed by atoms with Crippen molar-refractivity contribution in [3.63, 3.8) is 0 Å². The van der Waals surface area contributed by atoms with Crippen LogP contribution in [-0.4, -0.2) is 0 Å². The van der Waals surface area contributed by atoms with Gasteiger partial charge in [0.15, 0.2) is 0 Å². The Morgan fingerprint density at radius 3 is 2.47 bits per heavy atom. The van der Waals surface area contributed by atoms with Gasteiger partial charge < -0.3 is 0 Å². The molecule has 0 N–H and O–H groups in total. The second kappa shape index (κ2) is 4.96. The number of hydrogen-bond donors (Lipinski definition) is 0. The zero-order valence-corrected chi connectivity index (χ0v) is 12.3. The quantitative estimate of drug-likeness (QED) is 0.642. The van der Waals surface area contributed by atoms with E-state index < -0.39 is 0 Å². The van der Waals surface area contributed by atoms with Gasteiger partial charge in [0.05, 0.1) is 4.47 Å². The summed E-state index contributed by atoms with van der Waals surface area (Å²) in [6, 6.07) is 5.17. The molecule has 1 aromatic rings. The summed E-state index contributed by atoms with van der Waals surface area (Å²) in [4.78, 5) is 0.242. The van der Waals surface area contributed by atoms with Gasteiger partial charge in [-0.1, -0.05) is 42.8 Å². The number of benzene rings is 1. The van der Waals surface area contributed by atoms with Crippen LogP contribution in [0.1, 0.15) is 37.6 Å². The Bertz CT molecular complexity index is 347. The fraction of sp³-hybridized carbons (Fsp3) is 0.500. The van der Waals surface area contributed by atoms with E-state index in [0.717, 1.165) is 12.0 Å². The molecule has 84 valence electrons. The molecule has 0 amide bonds. The first-order valence-corrected chi connectivity index (χ1v) is 6.68. The molecular formula is C12H15Br2F. The van der Waals surface area contributed by atoms with Gasteiger partial charge in [-0.2, -0.15) is 0 Å². The minimum absolute atomic E-state index is 0.164. The number of alkyl halides is 1. The van der Waals surface area contributed by atoms with Gasteiger partial charge in [-0.05, 0) is 45.5 Å². The van der Waals surface area contributed by atoms with E-state index in [4.69, 9.17) is 0 Å². The first kappa shape index (κ1) is 13.2. The Balaban J connectivity index is 3.02. The minimum Gasteiger partial charge on any atom is -0.206 e. The second-order valence-corrected chi connectivity index (χ2v) is 6.15. The topological polar surface area (TPSA) is 0 Å². The SMILES string of the molecule is CCC(C)(C)C(Br)c1ccc(F)c(Br)c1. The molecule has 0 bridgehead atoms. The van der Waals surface area contributed by atoms with E-state index in [-0.39, 0.29) is 16.1 Å². The van der Waals surface area contributed by atoms with E-state index >= 15 is 0 Å². The lowest BCUT2D eigenvalue weighted by molar-refractivity contribution is 0.346. The zero-order chi connectivity index (χ0) is 11.6. The Kier molecular flexibility index (Phi) is 4.36. The maximum atomic E-state index is 13.1. The van der Waals surface area contributed by atoms with Gasteiger partial charge in [-0.3, -0.25) is 0 Å². The molecule has 1 aromatic carbocycles. The standard InChI is InChI=1S/C12H15Br2F/c1-4-12(2,3)11(14)8-5-6-10(15)9(13)7-8/h5-7,11H,4H2,1-3H3. The van der Waals surface area contributed by atoms with E-state index in [2.05, 4.69) is 52.6 Å². The summed E-state index contributed by atoms with van der Waals surface area (Å²) in [6.07, 6.45) is 1.07. The third-order valence-corrected chi connectivity index (χ3v) is 5.21. The number of halogens is 3. The summed E-state index contributed by atoms with van der Waals surface area (Å²) < 4.78 is 13.6. The number of hydrogen-bond acceptors (Lipinski definition) is 0. The van der Waals surface area contributed by atoms with Gasteiger partial charge in [-0.25, -0.2) is 4.39 Å². The fourth-order valence-corrected chi connectivity index (χ4v) is 2.31. The molecule has 0 heterocycles. The Hall–Kier alpha value is 0.110. The maximum absolute atomic E-state index is 13.1. The third kappa shape index (κ3) is 3.04. The van der Waals surface area contributed by atoms with E-state index in [1.54, 1.807) is 0 Å². The lowest BCUT2D eigenvalue weighted by atomic mass is 9.83. The van der Waals surface area contributed by atoms with E-state index in [9.17, 15) is 4.39 Å². The summed E-state index contributed by atoms with van der Waals surface area (Å²) in [7, 11) is 0. The van der Waals surface area contributed by atoms with Gasteiger partial charge in [0.1, 0.15) is 5.82 Å². The predicted molar refractivity (Wildman–Crippen MR) is 69.8 cm³/mol. The molecule has 0 nitrogen and oxygen atoms in total. The Morgan fingerprint density at radius 1 is 1.40 bits per heavy atom. The monoisotopic (exact) mass is 336 g/mol. The number of rotatable bonds is 3. The summed E-state index contributed by atoms with van der Waals surface area (Å²) >= 11 is 6.89. The van der Waals surface area contributed by atoms with Crippen LogP contribution in [0.3, 0.4) is 0 Å². The normalized spacial score (nSPS) is 14.0. The Labute approximate surface area is 108 Å². The van der Waals surface area contributed by atoms with Crippen LogP contribution < -0.4 is 0 Å². The molecule has 0 aliphatic heterocycles.